The number of carbonyl (C=O) groups is 1. The zero-order valence-corrected chi connectivity index (χ0v) is 24.0. The number of aromatic nitrogens is 1. The molecule has 0 amide bonds. The van der Waals surface area contributed by atoms with Gasteiger partial charge in [-0.05, 0) is 55.4 Å². The lowest BCUT2D eigenvalue weighted by atomic mass is 9.87. The highest BCUT2D eigenvalue weighted by Gasteiger charge is 2.42. The lowest BCUT2D eigenvalue weighted by molar-refractivity contribution is -0.113. The van der Waals surface area contributed by atoms with Crippen LogP contribution in [-0.4, -0.2) is 55.1 Å². The molecule has 6 rings (SSSR count). The van der Waals surface area contributed by atoms with Crippen LogP contribution in [0.2, 0.25) is 0 Å². The number of thiazole rings is 1. The van der Waals surface area contributed by atoms with Crippen LogP contribution in [-0.2, 0) is 22.7 Å². The Morgan fingerprint density at radius 3 is 2.73 bits per heavy atom. The van der Waals surface area contributed by atoms with E-state index in [0.717, 1.165) is 71.3 Å². The number of benzene rings is 2. The predicted molar refractivity (Wildman–Crippen MR) is 156 cm³/mol. The van der Waals surface area contributed by atoms with E-state index in [4.69, 9.17) is 14.5 Å². The standard InChI is InChI=1S/C32H33N5O3S/c1-21-2-7-31(28(10-21)30-20-41-32(35-30)37-15-23-5-6-24(16-37)29(23)18-38)40-19-25-4-3-22(11-26(25)12-33)14-36-8-9-39-27(13-34)17-36/h2-4,7,10-11,18,20,23-24,27,29H,5-6,8-9,14-17,19H2,1H3. The monoisotopic (exact) mass is 567 g/mol. The molecule has 8 nitrogen and oxygen atoms in total. The van der Waals surface area contributed by atoms with Crippen LogP contribution in [0.4, 0.5) is 5.13 Å². The molecule has 2 aliphatic heterocycles. The van der Waals surface area contributed by atoms with Crippen molar-refractivity contribution in [2.75, 3.05) is 37.7 Å². The van der Waals surface area contributed by atoms with E-state index in [0.29, 0.717) is 37.1 Å². The number of nitrogens with zero attached hydrogens (tertiary/aromatic N) is 5. The van der Waals surface area contributed by atoms with Gasteiger partial charge in [-0.3, -0.25) is 4.90 Å². The van der Waals surface area contributed by atoms with Crippen molar-refractivity contribution in [3.05, 3.63) is 64.0 Å². The highest BCUT2D eigenvalue weighted by atomic mass is 32.1. The Labute approximate surface area is 244 Å². The average molecular weight is 568 g/mol. The molecule has 41 heavy (non-hydrogen) atoms. The van der Waals surface area contributed by atoms with E-state index >= 15 is 0 Å². The summed E-state index contributed by atoms with van der Waals surface area (Å²) in [4.78, 5) is 21.1. The first-order valence-corrected chi connectivity index (χ1v) is 15.1. The molecule has 9 heteroatoms. The fourth-order valence-electron chi connectivity index (χ4n) is 6.44. The molecule has 3 atom stereocenters. The molecule has 1 saturated carbocycles. The Morgan fingerprint density at radius 2 is 1.98 bits per heavy atom. The van der Waals surface area contributed by atoms with E-state index in [1.165, 1.54) is 6.29 Å². The van der Waals surface area contributed by atoms with Crippen LogP contribution in [0.1, 0.15) is 35.1 Å². The summed E-state index contributed by atoms with van der Waals surface area (Å²) >= 11 is 1.64. The molecule has 3 unspecified atom stereocenters. The molecular weight excluding hydrogens is 534 g/mol. The Balaban J connectivity index is 1.16. The van der Waals surface area contributed by atoms with Crippen molar-refractivity contribution in [3.8, 4) is 29.1 Å². The molecule has 2 bridgehead atoms. The van der Waals surface area contributed by atoms with E-state index < -0.39 is 6.10 Å². The number of hydrogen-bond donors (Lipinski definition) is 0. The maximum Gasteiger partial charge on any atom is 0.185 e. The molecule has 0 N–H and O–H groups in total. The lowest BCUT2D eigenvalue weighted by Crippen LogP contribution is -2.42. The minimum atomic E-state index is -0.408. The van der Waals surface area contributed by atoms with Crippen LogP contribution in [0.5, 0.6) is 5.75 Å². The summed E-state index contributed by atoms with van der Waals surface area (Å²) in [6.45, 7) is 6.64. The number of nitriles is 2. The van der Waals surface area contributed by atoms with Gasteiger partial charge in [0.1, 0.15) is 18.6 Å². The van der Waals surface area contributed by atoms with Crippen LogP contribution in [0.15, 0.2) is 41.8 Å². The second-order valence-corrected chi connectivity index (χ2v) is 12.2. The third-order valence-electron chi connectivity index (χ3n) is 8.62. The Hall–Kier alpha value is -3.76. The molecule has 3 aromatic rings. The molecule has 1 aliphatic carbocycles. The second-order valence-electron chi connectivity index (χ2n) is 11.3. The smallest absolute Gasteiger partial charge is 0.185 e. The van der Waals surface area contributed by atoms with Crippen molar-refractivity contribution < 1.29 is 14.3 Å². The van der Waals surface area contributed by atoms with Gasteiger partial charge in [0.25, 0.3) is 0 Å². The number of ether oxygens (including phenoxy) is 2. The maximum absolute atomic E-state index is 11.6. The summed E-state index contributed by atoms with van der Waals surface area (Å²) in [5.74, 6) is 1.79. The zero-order valence-electron chi connectivity index (χ0n) is 23.2. The van der Waals surface area contributed by atoms with Crippen molar-refractivity contribution in [3.63, 3.8) is 0 Å². The van der Waals surface area contributed by atoms with E-state index in [-0.39, 0.29) is 12.5 Å². The normalized spacial score (nSPS) is 24.0. The molecule has 3 heterocycles. The van der Waals surface area contributed by atoms with Crippen LogP contribution in [0.25, 0.3) is 11.3 Å². The number of hydrogen-bond acceptors (Lipinski definition) is 9. The van der Waals surface area contributed by atoms with E-state index in [9.17, 15) is 15.3 Å². The Bertz CT molecular complexity index is 1490. The summed E-state index contributed by atoms with van der Waals surface area (Å²) < 4.78 is 11.8. The predicted octanol–water partition coefficient (Wildman–Crippen LogP) is 4.95. The Kier molecular flexibility index (Phi) is 8.02. The molecule has 3 fully saturated rings. The molecule has 2 saturated heterocycles. The third kappa shape index (κ3) is 5.85. The van der Waals surface area contributed by atoms with Gasteiger partial charge in [0.2, 0.25) is 0 Å². The fraction of sp³-hybridized carbons (Fsp3) is 0.438. The highest BCUT2D eigenvalue weighted by molar-refractivity contribution is 7.14. The number of aldehydes is 1. The molecule has 0 radical (unpaired) electrons. The number of piperidine rings is 1. The van der Waals surface area contributed by atoms with Crippen LogP contribution in [0, 0.1) is 47.3 Å². The number of anilines is 1. The third-order valence-corrected chi connectivity index (χ3v) is 9.52. The lowest BCUT2D eigenvalue weighted by Gasteiger charge is -2.35. The minimum absolute atomic E-state index is 0.199. The van der Waals surface area contributed by atoms with Gasteiger partial charge < -0.3 is 19.2 Å². The Morgan fingerprint density at radius 1 is 1.15 bits per heavy atom. The fourth-order valence-corrected chi connectivity index (χ4v) is 7.28. The van der Waals surface area contributed by atoms with Crippen LogP contribution in [0.3, 0.4) is 0 Å². The highest BCUT2D eigenvalue weighted by Crippen LogP contribution is 2.43. The van der Waals surface area contributed by atoms with Crippen LogP contribution < -0.4 is 9.64 Å². The van der Waals surface area contributed by atoms with Gasteiger partial charge in [0.15, 0.2) is 11.2 Å². The second kappa shape index (κ2) is 12.0. The first-order chi connectivity index (χ1) is 20.0. The van der Waals surface area contributed by atoms with Crippen molar-refractivity contribution in [1.29, 1.82) is 10.5 Å². The quantitative estimate of drug-likeness (QED) is 0.352. The molecule has 3 aliphatic rings. The van der Waals surface area contributed by atoms with Gasteiger partial charge in [0.05, 0.1) is 30.0 Å². The van der Waals surface area contributed by atoms with Gasteiger partial charge in [-0.2, -0.15) is 10.5 Å². The van der Waals surface area contributed by atoms with Crippen molar-refractivity contribution in [2.45, 2.75) is 39.0 Å². The first-order valence-electron chi connectivity index (χ1n) is 14.2. The van der Waals surface area contributed by atoms with Crippen molar-refractivity contribution >= 4 is 22.8 Å². The molecular formula is C32H33N5O3S. The van der Waals surface area contributed by atoms with Gasteiger partial charge in [0, 0.05) is 55.1 Å². The zero-order chi connectivity index (χ0) is 28.3. The summed E-state index contributed by atoms with van der Waals surface area (Å²) in [5, 5.41) is 22.1. The summed E-state index contributed by atoms with van der Waals surface area (Å²) in [6, 6.07) is 16.5. The molecule has 0 spiro atoms. The van der Waals surface area contributed by atoms with E-state index in [1.807, 2.05) is 30.3 Å². The molecule has 210 valence electrons. The van der Waals surface area contributed by atoms with E-state index in [2.05, 4.69) is 40.3 Å². The number of carbonyl (C=O) groups excluding carboxylic acids is 1. The molecule has 1 aromatic heterocycles. The summed E-state index contributed by atoms with van der Waals surface area (Å²) in [5.41, 5.74) is 5.38. The topological polar surface area (TPSA) is 102 Å². The first kappa shape index (κ1) is 27.4. The van der Waals surface area contributed by atoms with E-state index in [1.54, 1.807) is 11.3 Å². The summed E-state index contributed by atoms with van der Waals surface area (Å²) in [7, 11) is 0. The van der Waals surface area contributed by atoms with Crippen molar-refractivity contribution in [2.24, 2.45) is 17.8 Å². The van der Waals surface area contributed by atoms with Gasteiger partial charge >= 0.3 is 0 Å². The van der Waals surface area contributed by atoms with Crippen LogP contribution >= 0.6 is 11.3 Å². The van der Waals surface area contributed by atoms with Gasteiger partial charge in [-0.15, -0.1) is 11.3 Å². The van der Waals surface area contributed by atoms with Crippen molar-refractivity contribution in [1.82, 2.24) is 9.88 Å². The maximum atomic E-state index is 11.6. The SMILES string of the molecule is Cc1ccc(OCc2ccc(CN3CCOC(C#N)C3)cc2C#N)c(-c2csc(N3CC4CCC(C3)C4C=O)n2)c1. The number of fused-ring (bicyclic) bond motifs is 2. The number of aryl methyl sites for hydroxylation is 1. The molecule has 2 aromatic carbocycles. The largest absolute Gasteiger partial charge is 0.488 e. The number of morpholine rings is 1. The number of rotatable bonds is 8. The van der Waals surface area contributed by atoms with Gasteiger partial charge in [-0.1, -0.05) is 23.8 Å². The van der Waals surface area contributed by atoms with Gasteiger partial charge in [-0.25, -0.2) is 4.98 Å². The average Bonchev–Trinajstić information content (AvgIpc) is 3.58. The summed E-state index contributed by atoms with van der Waals surface area (Å²) in [6.07, 6.45) is 3.01. The minimum Gasteiger partial charge on any atom is -0.488 e.